The number of aromatic nitrogens is 4. The number of pyridine rings is 1. The zero-order valence-corrected chi connectivity index (χ0v) is 14.9. The Morgan fingerprint density at radius 1 is 1.19 bits per heavy atom. The summed E-state index contributed by atoms with van der Waals surface area (Å²) in [6.45, 7) is 0.717. The van der Waals surface area contributed by atoms with Crippen molar-refractivity contribution < 1.29 is 9.53 Å². The quantitative estimate of drug-likeness (QED) is 0.753. The smallest absolute Gasteiger partial charge is 0.261 e. The Balaban J connectivity index is 1.47. The van der Waals surface area contributed by atoms with Crippen molar-refractivity contribution in [2.24, 2.45) is 0 Å². The Morgan fingerprint density at radius 3 is 2.89 bits per heavy atom. The van der Waals surface area contributed by atoms with Gasteiger partial charge in [0, 0.05) is 24.5 Å². The van der Waals surface area contributed by atoms with Crippen molar-refractivity contribution >= 4 is 5.91 Å². The van der Waals surface area contributed by atoms with E-state index in [-0.39, 0.29) is 18.6 Å². The number of likely N-dealkylation sites (tertiary alicyclic amines) is 1. The first-order valence-electron chi connectivity index (χ1n) is 9.11. The molecule has 0 spiro atoms. The van der Waals surface area contributed by atoms with Crippen LogP contribution in [0.15, 0.2) is 54.9 Å². The molecule has 1 saturated heterocycles. The van der Waals surface area contributed by atoms with E-state index in [9.17, 15) is 4.79 Å². The topological polar surface area (TPSA) is 84.0 Å². The number of ether oxygens (including phenoxy) is 1. The van der Waals surface area contributed by atoms with Gasteiger partial charge >= 0.3 is 0 Å². The first-order valence-corrected chi connectivity index (χ1v) is 9.11. The number of carbonyl (C=O) groups excluding carboxylic acids is 1. The van der Waals surface area contributed by atoms with Crippen molar-refractivity contribution in [3.63, 3.8) is 0 Å². The number of nitrogens with one attached hydrogen (secondary N) is 1. The molecule has 3 aromatic rings. The molecule has 0 aliphatic carbocycles. The Kier molecular flexibility index (Phi) is 5.09. The van der Waals surface area contributed by atoms with Crippen molar-refractivity contribution in [1.29, 1.82) is 0 Å². The maximum Gasteiger partial charge on any atom is 0.261 e. The second-order valence-electron chi connectivity index (χ2n) is 6.49. The summed E-state index contributed by atoms with van der Waals surface area (Å²) in [5, 5.41) is 7.31. The maximum absolute atomic E-state index is 12.8. The van der Waals surface area contributed by atoms with E-state index in [1.54, 1.807) is 12.4 Å². The number of nitrogens with zero attached hydrogens (tertiary/aromatic N) is 4. The van der Waals surface area contributed by atoms with Gasteiger partial charge in [-0.25, -0.2) is 4.98 Å². The van der Waals surface area contributed by atoms with Crippen LogP contribution in [0.3, 0.4) is 0 Å². The average molecular weight is 363 g/mol. The summed E-state index contributed by atoms with van der Waals surface area (Å²) in [6.07, 6.45) is 6.34. The number of para-hydroxylation sites is 1. The Bertz CT molecular complexity index is 882. The van der Waals surface area contributed by atoms with Gasteiger partial charge in [0.2, 0.25) is 0 Å². The van der Waals surface area contributed by atoms with Crippen LogP contribution < -0.4 is 4.74 Å². The zero-order valence-electron chi connectivity index (χ0n) is 14.9. The third-order valence-corrected chi connectivity index (χ3v) is 4.67. The number of hydrogen-bond acceptors (Lipinski definition) is 5. The minimum Gasteiger partial charge on any atom is -0.484 e. The second-order valence-corrected chi connectivity index (χ2v) is 6.49. The lowest BCUT2D eigenvalue weighted by Crippen LogP contribution is -2.41. The third kappa shape index (κ3) is 3.97. The molecular formula is C20H21N5O2. The van der Waals surface area contributed by atoms with Crippen LogP contribution in [0.4, 0.5) is 0 Å². The zero-order chi connectivity index (χ0) is 18.5. The molecule has 7 nitrogen and oxygen atoms in total. The molecule has 1 fully saturated rings. The van der Waals surface area contributed by atoms with Crippen LogP contribution in [-0.4, -0.2) is 44.1 Å². The van der Waals surface area contributed by atoms with Crippen LogP contribution in [0.2, 0.25) is 0 Å². The van der Waals surface area contributed by atoms with Gasteiger partial charge in [-0.3, -0.25) is 14.9 Å². The molecule has 0 unspecified atom stereocenters. The molecule has 7 heteroatoms. The van der Waals surface area contributed by atoms with Crippen molar-refractivity contribution in [2.45, 2.75) is 25.3 Å². The van der Waals surface area contributed by atoms with Crippen LogP contribution in [-0.2, 0) is 4.79 Å². The summed E-state index contributed by atoms with van der Waals surface area (Å²) in [4.78, 5) is 23.3. The minimum atomic E-state index is -0.108. The molecule has 27 heavy (non-hydrogen) atoms. The SMILES string of the molecule is O=C(COc1ccccc1)N1CCCC[C@@H]1c1nc(-c2cccnc2)n[nH]1. The summed E-state index contributed by atoms with van der Waals surface area (Å²) in [5.41, 5.74) is 0.848. The van der Waals surface area contributed by atoms with Gasteiger partial charge in [0.1, 0.15) is 11.6 Å². The number of aromatic amines is 1. The Hall–Kier alpha value is -3.22. The summed E-state index contributed by atoms with van der Waals surface area (Å²) in [5.74, 6) is 1.96. The number of piperidine rings is 1. The number of carbonyl (C=O) groups is 1. The second kappa shape index (κ2) is 7.99. The normalized spacial score (nSPS) is 16.9. The van der Waals surface area contributed by atoms with Crippen LogP contribution >= 0.6 is 0 Å². The van der Waals surface area contributed by atoms with Gasteiger partial charge < -0.3 is 9.64 Å². The third-order valence-electron chi connectivity index (χ3n) is 4.67. The first kappa shape index (κ1) is 17.2. The Labute approximate surface area is 157 Å². The van der Waals surface area contributed by atoms with Crippen LogP contribution in [0.1, 0.15) is 31.1 Å². The highest BCUT2D eigenvalue weighted by Gasteiger charge is 2.30. The minimum absolute atomic E-state index is 0.0180. The van der Waals surface area contributed by atoms with E-state index in [0.717, 1.165) is 24.8 Å². The molecule has 1 aromatic carbocycles. The van der Waals surface area contributed by atoms with E-state index in [1.807, 2.05) is 47.4 Å². The highest BCUT2D eigenvalue weighted by molar-refractivity contribution is 5.78. The number of amides is 1. The van der Waals surface area contributed by atoms with Gasteiger partial charge in [0.05, 0.1) is 6.04 Å². The van der Waals surface area contributed by atoms with Crippen molar-refractivity contribution in [3.8, 4) is 17.1 Å². The number of H-pyrrole nitrogens is 1. The van der Waals surface area contributed by atoms with Gasteiger partial charge in [-0.15, -0.1) is 0 Å². The number of hydrogen-bond donors (Lipinski definition) is 1. The molecule has 1 atom stereocenters. The standard InChI is InChI=1S/C20H21N5O2/c26-18(14-27-16-8-2-1-3-9-16)25-12-5-4-10-17(25)20-22-19(23-24-20)15-7-6-11-21-13-15/h1-3,6-9,11,13,17H,4-5,10,12,14H2,(H,22,23,24)/t17-/m1/s1. The van der Waals surface area contributed by atoms with Crippen molar-refractivity contribution in [3.05, 3.63) is 60.7 Å². The van der Waals surface area contributed by atoms with Crippen LogP contribution in [0.5, 0.6) is 5.75 Å². The lowest BCUT2D eigenvalue weighted by atomic mass is 10.0. The first-order chi connectivity index (χ1) is 13.3. The molecular weight excluding hydrogens is 342 g/mol. The lowest BCUT2D eigenvalue weighted by Gasteiger charge is -2.34. The largest absolute Gasteiger partial charge is 0.484 e. The number of rotatable bonds is 5. The highest BCUT2D eigenvalue weighted by atomic mass is 16.5. The monoisotopic (exact) mass is 363 g/mol. The average Bonchev–Trinajstić information content (AvgIpc) is 3.23. The molecule has 3 heterocycles. The van der Waals surface area contributed by atoms with E-state index >= 15 is 0 Å². The molecule has 0 radical (unpaired) electrons. The molecule has 2 aromatic heterocycles. The van der Waals surface area contributed by atoms with Crippen LogP contribution in [0.25, 0.3) is 11.4 Å². The van der Waals surface area contributed by atoms with Crippen LogP contribution in [0, 0.1) is 0 Å². The van der Waals surface area contributed by atoms with Gasteiger partial charge in [0.15, 0.2) is 12.4 Å². The fourth-order valence-corrected chi connectivity index (χ4v) is 3.31. The summed E-state index contributed by atoms with van der Waals surface area (Å²) < 4.78 is 5.63. The van der Waals surface area contributed by atoms with E-state index in [4.69, 9.17) is 4.74 Å². The highest BCUT2D eigenvalue weighted by Crippen LogP contribution is 2.30. The molecule has 1 aliphatic rings. The van der Waals surface area contributed by atoms with E-state index in [2.05, 4.69) is 20.2 Å². The maximum atomic E-state index is 12.8. The molecule has 138 valence electrons. The number of benzene rings is 1. The van der Waals surface area contributed by atoms with Gasteiger partial charge in [-0.05, 0) is 43.5 Å². The molecule has 1 N–H and O–H groups in total. The molecule has 1 amide bonds. The molecule has 4 rings (SSSR count). The van der Waals surface area contributed by atoms with Crippen molar-refractivity contribution in [1.82, 2.24) is 25.1 Å². The lowest BCUT2D eigenvalue weighted by molar-refractivity contribution is -0.137. The summed E-state index contributed by atoms with van der Waals surface area (Å²) in [6, 6.07) is 13.0. The van der Waals surface area contributed by atoms with E-state index < -0.39 is 0 Å². The summed E-state index contributed by atoms with van der Waals surface area (Å²) >= 11 is 0. The predicted octanol–water partition coefficient (Wildman–Crippen LogP) is 3.00. The Morgan fingerprint density at radius 2 is 2.07 bits per heavy atom. The van der Waals surface area contributed by atoms with Gasteiger partial charge in [-0.1, -0.05) is 18.2 Å². The van der Waals surface area contributed by atoms with E-state index in [1.165, 1.54) is 0 Å². The molecule has 1 aliphatic heterocycles. The molecule has 0 bridgehead atoms. The fourth-order valence-electron chi connectivity index (χ4n) is 3.31. The van der Waals surface area contributed by atoms with E-state index in [0.29, 0.717) is 23.9 Å². The molecule has 0 saturated carbocycles. The predicted molar refractivity (Wildman–Crippen MR) is 99.9 cm³/mol. The fraction of sp³-hybridized carbons (Fsp3) is 0.300. The van der Waals surface area contributed by atoms with Crippen molar-refractivity contribution in [2.75, 3.05) is 13.2 Å². The summed E-state index contributed by atoms with van der Waals surface area (Å²) in [7, 11) is 0. The van der Waals surface area contributed by atoms with Gasteiger partial charge in [0.25, 0.3) is 5.91 Å². The van der Waals surface area contributed by atoms with Gasteiger partial charge in [-0.2, -0.15) is 5.10 Å².